The second-order valence-corrected chi connectivity index (χ2v) is 0.519. The molecule has 1 N–H and O–H groups in total. The summed E-state index contributed by atoms with van der Waals surface area (Å²) in [5.74, 6) is -0.833. The van der Waals surface area contributed by atoms with Crippen molar-refractivity contribution >= 4 is 5.97 Å². The van der Waals surface area contributed by atoms with Crippen LogP contribution >= 0.6 is 0 Å². The van der Waals surface area contributed by atoms with Gasteiger partial charge in [-0.25, -0.2) is 0 Å². The molecule has 0 atom stereocenters. The topological polar surface area (TPSA) is 65.8 Å². The smallest absolute Gasteiger partial charge is 2.00 e. The summed E-state index contributed by atoms with van der Waals surface area (Å²) in [5, 5.41) is 7.42. The third-order valence-electron chi connectivity index (χ3n) is 0. The molecule has 0 unspecified atom stereocenters. The molecule has 0 radical (unpaired) electrons. The maximum Gasteiger partial charge on any atom is 2.00 e. The van der Waals surface area contributed by atoms with E-state index in [1.165, 1.54) is 0 Å². The van der Waals surface area contributed by atoms with E-state index in [0.717, 1.165) is 6.92 Å². The predicted molar refractivity (Wildman–Crippen MR) is 14.0 cm³/mol. The second kappa shape index (κ2) is 8.87. The van der Waals surface area contributed by atoms with Crippen LogP contribution in [0.2, 0.25) is 0 Å². The number of hydrogen-bond donors (Lipinski definition) is 1. The molecule has 0 saturated heterocycles. The van der Waals surface area contributed by atoms with Crippen molar-refractivity contribution in [2.75, 3.05) is 0 Å². The average Bonchev–Trinajstić information content (AvgIpc) is 0.811. The largest absolute Gasteiger partial charge is 2.00 e. The monoisotopic (exact) mass is 132 g/mol. The van der Waals surface area contributed by atoms with Crippen molar-refractivity contribution < 1.29 is 32.4 Å². The van der Waals surface area contributed by atoms with E-state index in [9.17, 15) is 0 Å². The van der Waals surface area contributed by atoms with Crippen LogP contribution in [0, 0.1) is 0 Å². The van der Waals surface area contributed by atoms with Crippen molar-refractivity contribution in [3.05, 3.63) is 0 Å². The molecule has 0 saturated carbocycles. The van der Waals surface area contributed by atoms with E-state index in [2.05, 4.69) is 0 Å². The summed E-state index contributed by atoms with van der Waals surface area (Å²) >= 11 is 0. The molecule has 0 aliphatic heterocycles. The molecule has 0 rings (SSSR count). The fraction of sp³-hybridized carbons (Fsp3) is 0.500. The molecule has 0 spiro atoms. The van der Waals surface area contributed by atoms with Gasteiger partial charge in [0.2, 0.25) is 0 Å². The fourth-order valence-corrected chi connectivity index (χ4v) is 0. The Hall–Kier alpha value is -0.0505. The van der Waals surface area contributed by atoms with Gasteiger partial charge in [0.05, 0.1) is 0 Å². The molecule has 0 aromatic rings. The van der Waals surface area contributed by atoms with Crippen molar-refractivity contribution in [3.8, 4) is 0 Å². The van der Waals surface area contributed by atoms with Crippen LogP contribution in [0.4, 0.5) is 0 Å². The van der Waals surface area contributed by atoms with Crippen LogP contribution in [0.5, 0.6) is 0 Å². The van der Waals surface area contributed by atoms with Crippen LogP contribution < -0.4 is 0 Å². The summed E-state index contributed by atoms with van der Waals surface area (Å²) in [6.45, 7) is 1.08. The van der Waals surface area contributed by atoms with Crippen LogP contribution in [-0.4, -0.2) is 11.1 Å². The quantitative estimate of drug-likeness (QED) is 0.470. The zero-order chi connectivity index (χ0) is 3.58. The van der Waals surface area contributed by atoms with E-state index in [1.54, 1.807) is 0 Å². The van der Waals surface area contributed by atoms with Gasteiger partial charge in [-0.15, -0.1) is 0 Å². The molecule has 6 heavy (non-hydrogen) atoms. The van der Waals surface area contributed by atoms with Crippen molar-refractivity contribution in [2.45, 2.75) is 6.92 Å². The van der Waals surface area contributed by atoms with Gasteiger partial charge < -0.3 is 10.6 Å². The molecule has 0 aliphatic carbocycles. The first-order valence-electron chi connectivity index (χ1n) is 0.928. The molecule has 0 amide bonds. The molecule has 0 aliphatic rings. The minimum atomic E-state index is -0.833. The first kappa shape index (κ1) is 16.8. The summed E-state index contributed by atoms with van der Waals surface area (Å²) in [4.78, 5) is 9.00. The summed E-state index contributed by atoms with van der Waals surface area (Å²) < 4.78 is 0. The third kappa shape index (κ3) is 13500. The van der Waals surface area contributed by atoms with Gasteiger partial charge in [0.25, 0.3) is 5.97 Å². The number of carboxylic acids is 1. The van der Waals surface area contributed by atoms with E-state index in [0.29, 0.717) is 0 Å². The molecule has 0 heterocycles. The van der Waals surface area contributed by atoms with E-state index >= 15 is 0 Å². The molecule has 3 nitrogen and oxygen atoms in total. The summed E-state index contributed by atoms with van der Waals surface area (Å²) in [7, 11) is 0. The minimum Gasteiger partial charge on any atom is -2.00 e. The van der Waals surface area contributed by atoms with Gasteiger partial charge in [-0.1, -0.05) is 0 Å². The normalized spacial score (nSPS) is 4.17. The fourth-order valence-electron chi connectivity index (χ4n) is 0. The zero-order valence-electron chi connectivity index (χ0n) is 3.12. The van der Waals surface area contributed by atoms with Crippen LogP contribution in [0.25, 0.3) is 0 Å². The zero-order valence-corrected chi connectivity index (χ0v) is 4.22. The van der Waals surface area contributed by atoms with Gasteiger partial charge in [-0.2, -0.15) is 0 Å². The maximum atomic E-state index is 9.00. The predicted octanol–water partition coefficient (Wildman–Crippen LogP) is -0.0304. The van der Waals surface area contributed by atoms with Crippen LogP contribution in [0.1, 0.15) is 6.92 Å². The molecule has 0 fully saturated rings. The third-order valence-corrected chi connectivity index (χ3v) is 0. The SMILES string of the molecule is CC(=O)O.[Fe+2].[O-2]. The van der Waals surface area contributed by atoms with E-state index in [4.69, 9.17) is 9.90 Å². The maximum absolute atomic E-state index is 9.00. The molecule has 38 valence electrons. The molecule has 0 bridgehead atoms. The Balaban J connectivity index is -0.0000000450. The standard InChI is InChI=1S/C2H4O2.Fe.O/c1-2(3)4;;/h1H3,(H,3,4);;/q;+2;-2. The van der Waals surface area contributed by atoms with Gasteiger partial charge in [0.1, 0.15) is 0 Å². The van der Waals surface area contributed by atoms with Crippen LogP contribution in [-0.2, 0) is 27.3 Å². The molecular formula is C2H4FeO3. The van der Waals surface area contributed by atoms with Crippen LogP contribution in [0.3, 0.4) is 0 Å². The Morgan fingerprint density at radius 3 is 1.67 bits per heavy atom. The van der Waals surface area contributed by atoms with Crippen LogP contribution in [0.15, 0.2) is 0 Å². The van der Waals surface area contributed by atoms with Gasteiger partial charge in [-0.3, -0.25) is 4.79 Å². The van der Waals surface area contributed by atoms with E-state index < -0.39 is 5.97 Å². The Labute approximate surface area is 46.1 Å². The first-order valence-corrected chi connectivity index (χ1v) is 0.928. The van der Waals surface area contributed by atoms with E-state index in [1.807, 2.05) is 0 Å². The minimum absolute atomic E-state index is 0. The Morgan fingerprint density at radius 1 is 1.67 bits per heavy atom. The molecule has 4 heteroatoms. The molecule has 0 aromatic carbocycles. The number of carbonyl (C=O) groups is 1. The van der Waals surface area contributed by atoms with Gasteiger partial charge >= 0.3 is 17.1 Å². The number of rotatable bonds is 0. The average molecular weight is 132 g/mol. The number of aliphatic carboxylic acids is 1. The second-order valence-electron chi connectivity index (χ2n) is 0.519. The van der Waals surface area contributed by atoms with Crippen molar-refractivity contribution in [2.24, 2.45) is 0 Å². The first-order chi connectivity index (χ1) is 1.73. The van der Waals surface area contributed by atoms with Crippen molar-refractivity contribution in [1.82, 2.24) is 0 Å². The summed E-state index contributed by atoms with van der Waals surface area (Å²) in [5.41, 5.74) is 0. The van der Waals surface area contributed by atoms with E-state index in [-0.39, 0.29) is 22.5 Å². The number of hydrogen-bond acceptors (Lipinski definition) is 1. The van der Waals surface area contributed by atoms with Crippen molar-refractivity contribution in [1.29, 1.82) is 0 Å². The Bertz CT molecular complexity index is 31.8. The van der Waals surface area contributed by atoms with Crippen molar-refractivity contribution in [3.63, 3.8) is 0 Å². The summed E-state index contributed by atoms with van der Waals surface area (Å²) in [6.07, 6.45) is 0. The summed E-state index contributed by atoms with van der Waals surface area (Å²) in [6, 6.07) is 0. The van der Waals surface area contributed by atoms with Gasteiger partial charge in [0.15, 0.2) is 0 Å². The Morgan fingerprint density at radius 2 is 1.67 bits per heavy atom. The number of carboxylic acid groups (broad SMARTS) is 1. The molecular weight excluding hydrogens is 128 g/mol. The van der Waals surface area contributed by atoms with Gasteiger partial charge in [-0.05, 0) is 0 Å². The molecule has 0 aromatic heterocycles. The van der Waals surface area contributed by atoms with Gasteiger partial charge in [0, 0.05) is 6.92 Å². The Kier molecular flexibility index (Phi) is 24.8.